The molecule has 6 nitrogen and oxygen atoms in total. The van der Waals surface area contributed by atoms with Crippen molar-refractivity contribution < 1.29 is 14.4 Å². The molecular formula is C13H14N2O4S. The number of thiophene rings is 1. The van der Waals surface area contributed by atoms with E-state index in [9.17, 15) is 10.1 Å². The number of nitrogens with zero attached hydrogens (tertiary/aromatic N) is 1. The van der Waals surface area contributed by atoms with Gasteiger partial charge in [0.2, 0.25) is 0 Å². The molecule has 0 saturated carbocycles. The van der Waals surface area contributed by atoms with Crippen LogP contribution >= 0.6 is 11.3 Å². The van der Waals surface area contributed by atoms with Crippen molar-refractivity contribution >= 4 is 22.0 Å². The average Bonchev–Trinajstić information content (AvgIpc) is 2.93. The van der Waals surface area contributed by atoms with Crippen molar-refractivity contribution in [3.05, 3.63) is 45.3 Å². The van der Waals surface area contributed by atoms with Crippen LogP contribution in [0.2, 0.25) is 0 Å². The first-order valence-corrected chi connectivity index (χ1v) is 6.69. The molecule has 0 saturated heterocycles. The molecule has 1 aromatic carbocycles. The molecule has 1 heterocycles. The maximum Gasteiger partial charge on any atom is 0.303 e. The van der Waals surface area contributed by atoms with Crippen molar-refractivity contribution in [1.82, 2.24) is 0 Å². The predicted molar refractivity (Wildman–Crippen MR) is 77.8 cm³/mol. The fourth-order valence-electron chi connectivity index (χ4n) is 1.73. The molecule has 0 bridgehead atoms. The lowest BCUT2D eigenvalue weighted by atomic mass is 10.2. The van der Waals surface area contributed by atoms with Crippen molar-refractivity contribution in [2.75, 3.05) is 19.5 Å². The highest BCUT2D eigenvalue weighted by Gasteiger charge is 2.14. The van der Waals surface area contributed by atoms with Gasteiger partial charge in [0, 0.05) is 18.7 Å². The summed E-state index contributed by atoms with van der Waals surface area (Å²) in [7, 11) is 3.16. The number of anilines is 1. The highest BCUT2D eigenvalue weighted by molar-refractivity contribution is 7.14. The topological polar surface area (TPSA) is 73.6 Å². The van der Waals surface area contributed by atoms with E-state index in [2.05, 4.69) is 5.32 Å². The van der Waals surface area contributed by atoms with E-state index in [1.54, 1.807) is 25.7 Å². The van der Waals surface area contributed by atoms with Gasteiger partial charge in [-0.1, -0.05) is 0 Å². The van der Waals surface area contributed by atoms with Crippen molar-refractivity contribution in [3.8, 4) is 11.5 Å². The van der Waals surface area contributed by atoms with E-state index in [4.69, 9.17) is 9.47 Å². The Morgan fingerprint density at radius 3 is 2.45 bits per heavy atom. The van der Waals surface area contributed by atoms with Crippen molar-refractivity contribution in [3.63, 3.8) is 0 Å². The van der Waals surface area contributed by atoms with Gasteiger partial charge >= 0.3 is 5.69 Å². The Morgan fingerprint density at radius 2 is 1.90 bits per heavy atom. The largest absolute Gasteiger partial charge is 0.497 e. The molecule has 0 atom stereocenters. The SMILES string of the molecule is COc1cc(CNc2sccc2[N+](=O)[O-])cc(OC)c1. The molecule has 0 aliphatic rings. The number of benzene rings is 1. The van der Waals surface area contributed by atoms with Gasteiger partial charge in [0.15, 0.2) is 5.00 Å². The number of ether oxygens (including phenoxy) is 2. The van der Waals surface area contributed by atoms with Crippen LogP contribution in [0.1, 0.15) is 5.56 Å². The first kappa shape index (κ1) is 14.1. The minimum absolute atomic E-state index is 0.0878. The number of hydrogen-bond donors (Lipinski definition) is 1. The molecule has 0 unspecified atom stereocenters. The van der Waals surface area contributed by atoms with Crippen LogP contribution < -0.4 is 14.8 Å². The zero-order chi connectivity index (χ0) is 14.5. The number of methoxy groups -OCH3 is 2. The first-order valence-electron chi connectivity index (χ1n) is 5.81. The van der Waals surface area contributed by atoms with Crippen molar-refractivity contribution in [2.24, 2.45) is 0 Å². The van der Waals surface area contributed by atoms with E-state index >= 15 is 0 Å². The second-order valence-electron chi connectivity index (χ2n) is 3.97. The third-order valence-corrected chi connectivity index (χ3v) is 3.57. The highest BCUT2D eigenvalue weighted by Crippen LogP contribution is 2.31. The van der Waals surface area contributed by atoms with Gasteiger partial charge in [0.25, 0.3) is 0 Å². The van der Waals surface area contributed by atoms with E-state index in [1.165, 1.54) is 17.4 Å². The quantitative estimate of drug-likeness (QED) is 0.653. The molecule has 106 valence electrons. The molecule has 20 heavy (non-hydrogen) atoms. The van der Waals surface area contributed by atoms with Gasteiger partial charge in [-0.2, -0.15) is 0 Å². The van der Waals surface area contributed by atoms with Crippen LogP contribution in [0.3, 0.4) is 0 Å². The Hall–Kier alpha value is -2.28. The summed E-state index contributed by atoms with van der Waals surface area (Å²) in [6.45, 7) is 0.453. The van der Waals surface area contributed by atoms with Crippen LogP contribution in [0.5, 0.6) is 11.5 Å². The highest BCUT2D eigenvalue weighted by atomic mass is 32.1. The number of hydrogen-bond acceptors (Lipinski definition) is 6. The summed E-state index contributed by atoms with van der Waals surface area (Å²) in [5.74, 6) is 1.36. The second-order valence-corrected chi connectivity index (χ2v) is 4.88. The number of nitrogens with one attached hydrogen (secondary N) is 1. The summed E-state index contributed by atoms with van der Waals surface area (Å²) < 4.78 is 10.4. The summed E-state index contributed by atoms with van der Waals surface area (Å²) in [5, 5.41) is 16.1. The average molecular weight is 294 g/mol. The molecule has 1 aromatic heterocycles. The molecular weight excluding hydrogens is 280 g/mol. The Kier molecular flexibility index (Phi) is 4.41. The van der Waals surface area contributed by atoms with Gasteiger partial charge in [0.05, 0.1) is 19.1 Å². The first-order chi connectivity index (χ1) is 9.63. The lowest BCUT2D eigenvalue weighted by Gasteiger charge is -2.09. The molecule has 2 aromatic rings. The molecule has 0 radical (unpaired) electrons. The fourth-order valence-corrected chi connectivity index (χ4v) is 2.48. The Balaban J connectivity index is 2.14. The number of rotatable bonds is 6. The normalized spacial score (nSPS) is 10.1. The molecule has 0 aliphatic heterocycles. The van der Waals surface area contributed by atoms with Gasteiger partial charge in [-0.3, -0.25) is 10.1 Å². The van der Waals surface area contributed by atoms with Gasteiger partial charge in [0.1, 0.15) is 11.5 Å². The van der Waals surface area contributed by atoms with E-state index in [0.29, 0.717) is 23.0 Å². The van der Waals surface area contributed by atoms with E-state index in [0.717, 1.165) is 5.56 Å². The summed E-state index contributed by atoms with van der Waals surface area (Å²) in [4.78, 5) is 10.4. The molecule has 0 aliphatic carbocycles. The smallest absolute Gasteiger partial charge is 0.303 e. The van der Waals surface area contributed by atoms with Crippen LogP contribution in [0.4, 0.5) is 10.7 Å². The van der Waals surface area contributed by atoms with Gasteiger partial charge in [-0.15, -0.1) is 11.3 Å². The Morgan fingerprint density at radius 1 is 1.25 bits per heavy atom. The number of nitro groups is 1. The molecule has 2 rings (SSSR count). The molecule has 0 fully saturated rings. The van der Waals surface area contributed by atoms with Crippen molar-refractivity contribution in [1.29, 1.82) is 0 Å². The summed E-state index contributed by atoms with van der Waals surface area (Å²) in [6.07, 6.45) is 0. The maximum atomic E-state index is 10.8. The zero-order valence-corrected chi connectivity index (χ0v) is 11.9. The van der Waals surface area contributed by atoms with Crippen molar-refractivity contribution in [2.45, 2.75) is 6.54 Å². The Bertz CT molecular complexity index is 590. The fraction of sp³-hybridized carbons (Fsp3) is 0.231. The summed E-state index contributed by atoms with van der Waals surface area (Å²) >= 11 is 1.30. The third-order valence-electron chi connectivity index (χ3n) is 2.71. The molecule has 7 heteroatoms. The van der Waals surface area contributed by atoms with Crippen LogP contribution in [0, 0.1) is 10.1 Å². The van der Waals surface area contributed by atoms with Gasteiger partial charge < -0.3 is 14.8 Å². The van der Waals surface area contributed by atoms with Crippen LogP contribution in [0.25, 0.3) is 0 Å². The third kappa shape index (κ3) is 3.18. The van der Waals surface area contributed by atoms with Crippen LogP contribution in [0.15, 0.2) is 29.6 Å². The molecule has 0 amide bonds. The van der Waals surface area contributed by atoms with E-state index in [-0.39, 0.29) is 5.69 Å². The summed E-state index contributed by atoms with van der Waals surface area (Å²) in [5.41, 5.74) is 1.01. The van der Waals surface area contributed by atoms with Gasteiger partial charge in [-0.05, 0) is 23.1 Å². The Labute approximate surface area is 120 Å². The summed E-state index contributed by atoms with van der Waals surface area (Å²) in [6, 6.07) is 6.97. The maximum absolute atomic E-state index is 10.8. The van der Waals surface area contributed by atoms with Crippen LogP contribution in [-0.2, 0) is 6.54 Å². The molecule has 1 N–H and O–H groups in total. The second kappa shape index (κ2) is 6.25. The minimum atomic E-state index is -0.398. The lowest BCUT2D eigenvalue weighted by molar-refractivity contribution is -0.383. The van der Waals surface area contributed by atoms with E-state index in [1.807, 2.05) is 12.1 Å². The van der Waals surface area contributed by atoms with E-state index < -0.39 is 4.92 Å². The van der Waals surface area contributed by atoms with Gasteiger partial charge in [-0.25, -0.2) is 0 Å². The van der Waals surface area contributed by atoms with Crippen LogP contribution in [-0.4, -0.2) is 19.1 Å². The monoisotopic (exact) mass is 294 g/mol. The minimum Gasteiger partial charge on any atom is -0.497 e. The standard InChI is InChI=1S/C13H14N2O4S/c1-18-10-5-9(6-11(7-10)19-2)8-14-13-12(15(16)17)3-4-20-13/h3-7,14H,8H2,1-2H3. The lowest BCUT2D eigenvalue weighted by Crippen LogP contribution is -2.01. The predicted octanol–water partition coefficient (Wildman–Crippen LogP) is 3.29. The molecule has 0 spiro atoms. The zero-order valence-electron chi connectivity index (χ0n) is 11.1.